The number of hydrogen-bond donors (Lipinski definition) is 1. The topological polar surface area (TPSA) is 23.8 Å². The minimum absolute atomic E-state index is 0.555. The van der Waals surface area contributed by atoms with Gasteiger partial charge in [-0.2, -0.15) is 5.26 Å². The van der Waals surface area contributed by atoms with E-state index in [0.29, 0.717) is 14.1 Å². The molecule has 0 aliphatic rings. The van der Waals surface area contributed by atoms with Crippen LogP contribution in [-0.2, 0) is 0 Å². The summed E-state index contributed by atoms with van der Waals surface area (Å²) in [7, 11) is 0. The number of hydrogen-bond acceptors (Lipinski definition) is 3. The van der Waals surface area contributed by atoms with Gasteiger partial charge in [-0.25, -0.2) is 0 Å². The third-order valence-corrected chi connectivity index (χ3v) is 2.68. The van der Waals surface area contributed by atoms with Gasteiger partial charge in [0.15, 0.2) is 0 Å². The van der Waals surface area contributed by atoms with E-state index in [9.17, 15) is 0 Å². The summed E-state index contributed by atoms with van der Waals surface area (Å²) in [6.07, 6.45) is 0. The molecule has 0 unspecified atom stereocenters. The second-order valence-electron chi connectivity index (χ2n) is 1.38. The van der Waals surface area contributed by atoms with Gasteiger partial charge in [0.2, 0.25) is 0 Å². The summed E-state index contributed by atoms with van der Waals surface area (Å²) in [5.74, 6) is 0. The molecule has 9 heavy (non-hydrogen) atoms. The Morgan fingerprint density at radius 2 is 2.44 bits per heavy atom. The Bertz CT molecular complexity index is 241. The Kier molecular flexibility index (Phi) is 2.01. The highest BCUT2D eigenvalue weighted by molar-refractivity contribution is 7.83. The Morgan fingerprint density at radius 3 is 2.67 bits per heavy atom. The fourth-order valence-corrected chi connectivity index (χ4v) is 1.65. The molecule has 1 aromatic heterocycles. The molecule has 0 bridgehead atoms. The molecule has 0 amide bonds. The molecule has 1 heterocycles. The van der Waals surface area contributed by atoms with Gasteiger partial charge < -0.3 is 0 Å². The van der Waals surface area contributed by atoms with Crippen LogP contribution in [0.5, 0.6) is 0 Å². The van der Waals surface area contributed by atoms with Crippen LogP contribution in [0.2, 0.25) is 5.02 Å². The van der Waals surface area contributed by atoms with E-state index < -0.39 is 0 Å². The Labute approximate surface area is 67.3 Å². The fourth-order valence-electron chi connectivity index (χ4n) is 0.414. The van der Waals surface area contributed by atoms with E-state index in [-0.39, 0.29) is 0 Å². The lowest BCUT2D eigenvalue weighted by Crippen LogP contribution is -1.52. The second-order valence-corrected chi connectivity index (χ2v) is 3.58. The molecule has 46 valence electrons. The molecule has 0 N–H and O–H groups in total. The molecule has 0 saturated heterocycles. The molecule has 4 heteroatoms. The van der Waals surface area contributed by atoms with Crippen LogP contribution in [-0.4, -0.2) is 0 Å². The zero-order valence-corrected chi connectivity index (χ0v) is 6.72. The molecule has 0 aliphatic heterocycles. The third kappa shape index (κ3) is 1.39. The molecule has 1 nitrogen and oxygen atoms in total. The van der Waals surface area contributed by atoms with Crippen LogP contribution in [0.25, 0.3) is 0 Å². The summed E-state index contributed by atoms with van der Waals surface area (Å²) in [5, 5.41) is 8.90. The number of halogens is 1. The van der Waals surface area contributed by atoms with Gasteiger partial charge in [0.25, 0.3) is 0 Å². The molecule has 1 aromatic rings. The first-order valence-corrected chi connectivity index (χ1v) is 3.76. The maximum Gasteiger partial charge on any atom is 0.110 e. The van der Waals surface area contributed by atoms with Gasteiger partial charge in [0.05, 0.1) is 9.23 Å². The van der Waals surface area contributed by atoms with E-state index in [1.54, 1.807) is 6.07 Å². The van der Waals surface area contributed by atoms with E-state index >= 15 is 0 Å². The minimum Gasteiger partial charge on any atom is -0.192 e. The van der Waals surface area contributed by atoms with Crippen LogP contribution in [0.1, 0.15) is 4.88 Å². The third-order valence-electron chi connectivity index (χ3n) is 0.779. The SMILES string of the molecule is N#Cc1cc(Cl)c(S)s1. The summed E-state index contributed by atoms with van der Waals surface area (Å²) in [4.78, 5) is 0.602. The first kappa shape index (κ1) is 6.94. The van der Waals surface area contributed by atoms with Crippen molar-refractivity contribution in [2.24, 2.45) is 0 Å². The van der Waals surface area contributed by atoms with Gasteiger partial charge in [-0.3, -0.25) is 0 Å². The number of thiol groups is 1. The van der Waals surface area contributed by atoms with E-state index in [1.807, 2.05) is 6.07 Å². The van der Waals surface area contributed by atoms with Crippen molar-refractivity contribution in [2.45, 2.75) is 4.21 Å². The molecular weight excluding hydrogens is 174 g/mol. The second kappa shape index (κ2) is 2.61. The van der Waals surface area contributed by atoms with Crippen molar-refractivity contribution in [3.63, 3.8) is 0 Å². The van der Waals surface area contributed by atoms with Crippen molar-refractivity contribution in [3.05, 3.63) is 16.0 Å². The van der Waals surface area contributed by atoms with Crippen LogP contribution in [0.3, 0.4) is 0 Å². The normalized spacial score (nSPS) is 9.00. The lowest BCUT2D eigenvalue weighted by Gasteiger charge is -1.75. The Hall–Kier alpha value is -0.170. The number of thiophene rings is 1. The number of rotatable bonds is 0. The molecule has 1 rings (SSSR count). The lowest BCUT2D eigenvalue weighted by molar-refractivity contribution is 1.52. The average molecular weight is 176 g/mol. The number of nitrogens with zero attached hydrogens (tertiary/aromatic N) is 1. The summed E-state index contributed by atoms with van der Waals surface area (Å²) in [6.45, 7) is 0. The Morgan fingerprint density at radius 1 is 1.78 bits per heavy atom. The van der Waals surface area contributed by atoms with E-state index in [4.69, 9.17) is 16.9 Å². The first-order chi connectivity index (χ1) is 4.24. The van der Waals surface area contributed by atoms with E-state index in [1.165, 1.54) is 11.3 Å². The molecule has 0 spiro atoms. The van der Waals surface area contributed by atoms with Crippen molar-refractivity contribution in [2.75, 3.05) is 0 Å². The maximum absolute atomic E-state index is 8.34. The Balaban J connectivity index is 3.16. The van der Waals surface area contributed by atoms with Crippen LogP contribution < -0.4 is 0 Å². The largest absolute Gasteiger partial charge is 0.192 e. The summed E-state index contributed by atoms with van der Waals surface area (Å²) in [5.41, 5.74) is 0. The van der Waals surface area contributed by atoms with Gasteiger partial charge in [-0.15, -0.1) is 24.0 Å². The maximum atomic E-state index is 8.34. The highest BCUT2D eigenvalue weighted by Gasteiger charge is 2.00. The predicted molar refractivity (Wildman–Crippen MR) is 41.3 cm³/mol. The molecule has 0 radical (unpaired) electrons. The highest BCUT2D eigenvalue weighted by atomic mass is 35.5. The quantitative estimate of drug-likeness (QED) is 0.602. The lowest BCUT2D eigenvalue weighted by atomic mass is 10.5. The van der Waals surface area contributed by atoms with Gasteiger partial charge >= 0.3 is 0 Å². The summed E-state index contributed by atoms with van der Waals surface area (Å²) >= 11 is 10.9. The van der Waals surface area contributed by atoms with E-state index in [0.717, 1.165) is 0 Å². The minimum atomic E-state index is 0.555. The van der Waals surface area contributed by atoms with E-state index in [2.05, 4.69) is 12.6 Å². The zero-order valence-electron chi connectivity index (χ0n) is 4.26. The van der Waals surface area contributed by atoms with Crippen LogP contribution in [0, 0.1) is 11.3 Å². The molecule has 0 fully saturated rings. The van der Waals surface area contributed by atoms with Crippen LogP contribution in [0.4, 0.5) is 0 Å². The predicted octanol–water partition coefficient (Wildman–Crippen LogP) is 2.56. The molecule has 0 aromatic carbocycles. The first-order valence-electron chi connectivity index (χ1n) is 2.12. The van der Waals surface area contributed by atoms with Crippen molar-refractivity contribution in [1.29, 1.82) is 5.26 Å². The van der Waals surface area contributed by atoms with Crippen molar-refractivity contribution < 1.29 is 0 Å². The van der Waals surface area contributed by atoms with Crippen LogP contribution >= 0.6 is 35.6 Å². The monoisotopic (exact) mass is 175 g/mol. The molecule has 0 saturated carbocycles. The van der Waals surface area contributed by atoms with Crippen molar-refractivity contribution >= 4 is 35.6 Å². The summed E-state index contributed by atoms with van der Waals surface area (Å²) in [6, 6.07) is 3.58. The van der Waals surface area contributed by atoms with Gasteiger partial charge in [0.1, 0.15) is 10.9 Å². The standard InChI is InChI=1S/C5H2ClNS2/c6-4-1-3(2-7)9-5(4)8/h1,8H. The molecule has 0 atom stereocenters. The molecular formula is C5H2ClNS2. The van der Waals surface area contributed by atoms with Crippen molar-refractivity contribution in [1.82, 2.24) is 0 Å². The fraction of sp³-hybridized carbons (Fsp3) is 0. The van der Waals surface area contributed by atoms with Gasteiger partial charge in [0, 0.05) is 0 Å². The smallest absolute Gasteiger partial charge is 0.110 e. The highest BCUT2D eigenvalue weighted by Crippen LogP contribution is 2.29. The summed E-state index contributed by atoms with van der Waals surface area (Å²) < 4.78 is 0.702. The number of nitriles is 1. The van der Waals surface area contributed by atoms with Gasteiger partial charge in [-0.1, -0.05) is 11.6 Å². The van der Waals surface area contributed by atoms with Gasteiger partial charge in [-0.05, 0) is 6.07 Å². The van der Waals surface area contributed by atoms with Crippen LogP contribution in [0.15, 0.2) is 10.3 Å². The zero-order chi connectivity index (χ0) is 6.85. The molecule has 0 aliphatic carbocycles. The average Bonchev–Trinajstić information content (AvgIpc) is 2.13. The van der Waals surface area contributed by atoms with Crippen molar-refractivity contribution in [3.8, 4) is 6.07 Å².